The van der Waals surface area contributed by atoms with Crippen LogP contribution in [0.25, 0.3) is 5.65 Å². The molecule has 1 atom stereocenters. The van der Waals surface area contributed by atoms with E-state index in [0.717, 1.165) is 18.9 Å². The Morgan fingerprint density at radius 1 is 1.36 bits per heavy atom. The van der Waals surface area contributed by atoms with Gasteiger partial charge < -0.3 is 10.2 Å². The first-order valence-electron chi connectivity index (χ1n) is 8.12. The molecular formula is C16H21N5O. The second-order valence-electron chi connectivity index (χ2n) is 6.41. The van der Waals surface area contributed by atoms with Crippen molar-refractivity contribution in [2.24, 2.45) is 5.92 Å². The fourth-order valence-corrected chi connectivity index (χ4v) is 3.14. The van der Waals surface area contributed by atoms with E-state index in [0.29, 0.717) is 17.1 Å². The fourth-order valence-electron chi connectivity index (χ4n) is 3.14. The lowest BCUT2D eigenvalue weighted by molar-refractivity contribution is 0.0937. The van der Waals surface area contributed by atoms with Gasteiger partial charge in [-0.2, -0.15) is 5.10 Å². The predicted octanol–water partition coefficient (Wildman–Crippen LogP) is 1.86. The summed E-state index contributed by atoms with van der Waals surface area (Å²) in [5, 5.41) is 7.33. The van der Waals surface area contributed by atoms with Crippen LogP contribution in [0.4, 0.5) is 5.82 Å². The Morgan fingerprint density at radius 2 is 2.14 bits per heavy atom. The summed E-state index contributed by atoms with van der Waals surface area (Å²) in [6, 6.07) is 2.20. The summed E-state index contributed by atoms with van der Waals surface area (Å²) in [5.41, 5.74) is 1.21. The van der Waals surface area contributed by atoms with Gasteiger partial charge in [-0.25, -0.2) is 9.50 Å². The van der Waals surface area contributed by atoms with Gasteiger partial charge in [-0.15, -0.1) is 0 Å². The molecule has 0 spiro atoms. The Kier molecular flexibility index (Phi) is 3.24. The zero-order valence-corrected chi connectivity index (χ0v) is 12.8. The minimum Gasteiger partial charge on any atom is -0.357 e. The zero-order chi connectivity index (χ0) is 15.1. The monoisotopic (exact) mass is 299 g/mol. The standard InChI is InChI=1S/C16H21N5O/c1-11(12-4-5-12)18-16(22)13-10-17-21-9-6-14(19-15(13)21)20-7-2-3-8-20/h6,9-12H,2-5,7-8H2,1H3,(H,18,22). The number of nitrogens with one attached hydrogen (secondary N) is 1. The molecule has 4 rings (SSSR count). The molecule has 1 aliphatic carbocycles. The number of anilines is 1. The van der Waals surface area contributed by atoms with E-state index >= 15 is 0 Å². The summed E-state index contributed by atoms with van der Waals surface area (Å²) in [7, 11) is 0. The van der Waals surface area contributed by atoms with Gasteiger partial charge in [-0.05, 0) is 44.6 Å². The van der Waals surface area contributed by atoms with Crippen LogP contribution in [0.5, 0.6) is 0 Å². The maximum atomic E-state index is 12.5. The van der Waals surface area contributed by atoms with Crippen molar-refractivity contribution in [2.75, 3.05) is 18.0 Å². The minimum atomic E-state index is -0.0690. The summed E-state index contributed by atoms with van der Waals surface area (Å²) in [6.45, 7) is 4.15. The molecule has 22 heavy (non-hydrogen) atoms. The smallest absolute Gasteiger partial charge is 0.256 e. The molecule has 1 saturated carbocycles. The van der Waals surface area contributed by atoms with Crippen molar-refractivity contribution in [3.63, 3.8) is 0 Å². The second kappa shape index (κ2) is 5.26. The Hall–Kier alpha value is -2.11. The molecule has 0 aromatic carbocycles. The normalized spacial score (nSPS) is 19.6. The maximum Gasteiger partial charge on any atom is 0.256 e. The largest absolute Gasteiger partial charge is 0.357 e. The molecule has 2 fully saturated rings. The topological polar surface area (TPSA) is 62.5 Å². The second-order valence-corrected chi connectivity index (χ2v) is 6.41. The Balaban J connectivity index is 1.62. The van der Waals surface area contributed by atoms with E-state index in [9.17, 15) is 4.79 Å². The molecule has 2 aromatic rings. The van der Waals surface area contributed by atoms with Gasteiger partial charge in [0.1, 0.15) is 11.4 Å². The predicted molar refractivity (Wildman–Crippen MR) is 84.1 cm³/mol. The number of hydrogen-bond acceptors (Lipinski definition) is 4. The van der Waals surface area contributed by atoms with Gasteiger partial charge >= 0.3 is 0 Å². The molecule has 2 aliphatic rings. The van der Waals surface area contributed by atoms with Gasteiger partial charge in [0.15, 0.2) is 5.65 Å². The summed E-state index contributed by atoms with van der Waals surface area (Å²) in [5.74, 6) is 1.51. The molecule has 1 unspecified atom stereocenters. The third-order valence-corrected chi connectivity index (χ3v) is 4.72. The molecule has 6 heteroatoms. The first-order chi connectivity index (χ1) is 10.7. The van der Waals surface area contributed by atoms with Crippen molar-refractivity contribution in [2.45, 2.75) is 38.6 Å². The van der Waals surface area contributed by atoms with E-state index in [2.05, 4.69) is 27.2 Å². The highest BCUT2D eigenvalue weighted by Crippen LogP contribution is 2.32. The van der Waals surface area contributed by atoms with Crippen molar-refractivity contribution in [3.05, 3.63) is 24.0 Å². The van der Waals surface area contributed by atoms with Crippen molar-refractivity contribution < 1.29 is 4.79 Å². The van der Waals surface area contributed by atoms with Crippen molar-refractivity contribution >= 4 is 17.4 Å². The summed E-state index contributed by atoms with van der Waals surface area (Å²) >= 11 is 0. The average molecular weight is 299 g/mol. The van der Waals surface area contributed by atoms with Gasteiger partial charge in [0.25, 0.3) is 5.91 Å². The van der Waals surface area contributed by atoms with Gasteiger partial charge in [-0.1, -0.05) is 0 Å². The van der Waals surface area contributed by atoms with Gasteiger partial charge in [0.2, 0.25) is 0 Å². The quantitative estimate of drug-likeness (QED) is 0.936. The van der Waals surface area contributed by atoms with Gasteiger partial charge in [0.05, 0.1) is 6.20 Å². The molecule has 1 amide bonds. The van der Waals surface area contributed by atoms with E-state index in [1.807, 2.05) is 12.3 Å². The van der Waals surface area contributed by atoms with Crippen molar-refractivity contribution in [1.29, 1.82) is 0 Å². The van der Waals surface area contributed by atoms with E-state index < -0.39 is 0 Å². The molecule has 2 aromatic heterocycles. The van der Waals surface area contributed by atoms with Crippen molar-refractivity contribution in [3.8, 4) is 0 Å². The van der Waals surface area contributed by atoms with E-state index in [1.54, 1.807) is 10.7 Å². The lowest BCUT2D eigenvalue weighted by Crippen LogP contribution is -2.34. The van der Waals surface area contributed by atoms with Gasteiger partial charge in [0, 0.05) is 25.3 Å². The third-order valence-electron chi connectivity index (χ3n) is 4.72. The van der Waals surface area contributed by atoms with E-state index in [-0.39, 0.29) is 11.9 Å². The first-order valence-corrected chi connectivity index (χ1v) is 8.12. The molecule has 116 valence electrons. The van der Waals surface area contributed by atoms with Crippen LogP contribution in [0.3, 0.4) is 0 Å². The van der Waals surface area contributed by atoms with Crippen LogP contribution in [0.1, 0.15) is 43.0 Å². The number of fused-ring (bicyclic) bond motifs is 1. The van der Waals surface area contributed by atoms with Crippen LogP contribution in [0, 0.1) is 5.92 Å². The number of aromatic nitrogens is 3. The highest BCUT2D eigenvalue weighted by atomic mass is 16.1. The highest BCUT2D eigenvalue weighted by molar-refractivity contribution is 5.99. The molecular weight excluding hydrogens is 278 g/mol. The molecule has 0 bridgehead atoms. The van der Waals surface area contributed by atoms with E-state index in [1.165, 1.54) is 25.7 Å². The van der Waals surface area contributed by atoms with Crippen molar-refractivity contribution in [1.82, 2.24) is 19.9 Å². The third kappa shape index (κ3) is 2.42. The number of rotatable bonds is 4. The SMILES string of the molecule is CC(NC(=O)c1cnn2ccc(N3CCCC3)nc12)C1CC1. The van der Waals surface area contributed by atoms with Crippen LogP contribution >= 0.6 is 0 Å². The Bertz CT molecular complexity index is 700. The molecule has 3 heterocycles. The minimum absolute atomic E-state index is 0.0690. The fraction of sp³-hybridized carbons (Fsp3) is 0.562. The maximum absolute atomic E-state index is 12.5. The molecule has 1 N–H and O–H groups in total. The van der Waals surface area contributed by atoms with Crippen LogP contribution in [-0.2, 0) is 0 Å². The van der Waals surface area contributed by atoms with E-state index in [4.69, 9.17) is 0 Å². The number of nitrogens with zero attached hydrogens (tertiary/aromatic N) is 4. The number of carbonyl (C=O) groups is 1. The van der Waals surface area contributed by atoms with Crippen LogP contribution in [-0.4, -0.2) is 39.6 Å². The lowest BCUT2D eigenvalue weighted by atomic mass is 10.2. The van der Waals surface area contributed by atoms with Gasteiger partial charge in [-0.3, -0.25) is 4.79 Å². The Labute approximate surface area is 129 Å². The molecule has 6 nitrogen and oxygen atoms in total. The number of amides is 1. The lowest BCUT2D eigenvalue weighted by Gasteiger charge is -2.16. The highest BCUT2D eigenvalue weighted by Gasteiger charge is 2.29. The molecule has 1 aliphatic heterocycles. The summed E-state index contributed by atoms with van der Waals surface area (Å²) in [4.78, 5) is 19.4. The average Bonchev–Trinajstić information content (AvgIpc) is 3.07. The molecule has 0 radical (unpaired) electrons. The van der Waals surface area contributed by atoms with Crippen LogP contribution in [0.2, 0.25) is 0 Å². The number of carbonyl (C=O) groups excluding carboxylic acids is 1. The first kappa shape index (κ1) is 13.5. The summed E-state index contributed by atoms with van der Waals surface area (Å²) < 4.78 is 1.68. The summed E-state index contributed by atoms with van der Waals surface area (Å²) in [6.07, 6.45) is 8.35. The zero-order valence-electron chi connectivity index (χ0n) is 12.8. The Morgan fingerprint density at radius 3 is 2.86 bits per heavy atom. The van der Waals surface area contributed by atoms with Crippen LogP contribution < -0.4 is 10.2 Å². The number of hydrogen-bond donors (Lipinski definition) is 1. The van der Waals surface area contributed by atoms with Crippen LogP contribution in [0.15, 0.2) is 18.5 Å². The molecule has 1 saturated heterocycles.